The van der Waals surface area contributed by atoms with E-state index in [1.54, 1.807) is 0 Å². The summed E-state index contributed by atoms with van der Waals surface area (Å²) in [5.41, 5.74) is 3.26. The molecule has 1 fully saturated rings. The van der Waals surface area contributed by atoms with Crippen LogP contribution in [0.25, 0.3) is 0 Å². The molecule has 0 aromatic carbocycles. The molecule has 0 aromatic rings. The summed E-state index contributed by atoms with van der Waals surface area (Å²) in [5, 5.41) is 9.87. The van der Waals surface area contributed by atoms with Crippen LogP contribution in [0.5, 0.6) is 0 Å². The Bertz CT molecular complexity index is 318. The molecule has 1 saturated carbocycles. The van der Waals surface area contributed by atoms with Crippen LogP contribution in [-0.2, 0) is 0 Å². The minimum Gasteiger partial charge on any atom is -0.389 e. The number of hydrogen-bond acceptors (Lipinski definition) is 1. The number of hydrogen-bond donors (Lipinski definition) is 1. The fraction of sp³-hybridized carbons (Fsp3) is 0.733. The van der Waals surface area contributed by atoms with E-state index in [9.17, 15) is 5.11 Å². The maximum Gasteiger partial charge on any atom is 0.0752 e. The summed E-state index contributed by atoms with van der Waals surface area (Å²) in [4.78, 5) is 0. The molecule has 2 rings (SSSR count). The van der Waals surface area contributed by atoms with Crippen molar-refractivity contribution in [3.05, 3.63) is 23.3 Å². The summed E-state index contributed by atoms with van der Waals surface area (Å²) in [5.74, 6) is 0.545. The van der Waals surface area contributed by atoms with Gasteiger partial charge in [0.25, 0.3) is 0 Å². The molecule has 0 saturated heterocycles. The molecular weight excluding hydrogens is 196 g/mol. The molecule has 1 unspecified atom stereocenters. The Balaban J connectivity index is 2.11. The predicted molar refractivity (Wildman–Crippen MR) is 68.2 cm³/mol. The van der Waals surface area contributed by atoms with E-state index >= 15 is 0 Å². The smallest absolute Gasteiger partial charge is 0.0752 e. The van der Waals surface area contributed by atoms with Gasteiger partial charge in [0, 0.05) is 0 Å². The SMILES string of the molecule is CC1=C(/C=C/C(O)C2CC2)C(C)(C)CCC1. The van der Waals surface area contributed by atoms with Gasteiger partial charge in [-0.05, 0) is 55.9 Å². The van der Waals surface area contributed by atoms with Gasteiger partial charge in [0.1, 0.15) is 0 Å². The van der Waals surface area contributed by atoms with Crippen molar-refractivity contribution in [2.45, 2.75) is 59.0 Å². The van der Waals surface area contributed by atoms with Crippen molar-refractivity contribution in [1.29, 1.82) is 0 Å². The second-order valence-corrected chi connectivity index (χ2v) is 6.12. The molecule has 0 aliphatic heterocycles. The molecular formula is C15H24O. The summed E-state index contributed by atoms with van der Waals surface area (Å²) in [6.07, 6.45) is 10.2. The van der Waals surface area contributed by atoms with Crippen LogP contribution in [0.2, 0.25) is 0 Å². The first kappa shape index (κ1) is 11.9. The lowest BCUT2D eigenvalue weighted by atomic mass is 9.72. The van der Waals surface area contributed by atoms with Gasteiger partial charge in [0.2, 0.25) is 0 Å². The fourth-order valence-corrected chi connectivity index (χ4v) is 2.80. The maximum atomic E-state index is 9.87. The van der Waals surface area contributed by atoms with Gasteiger partial charge in [-0.25, -0.2) is 0 Å². The van der Waals surface area contributed by atoms with Crippen molar-refractivity contribution in [1.82, 2.24) is 0 Å². The molecule has 0 amide bonds. The maximum absolute atomic E-state index is 9.87. The van der Waals surface area contributed by atoms with Crippen molar-refractivity contribution in [2.24, 2.45) is 11.3 Å². The Morgan fingerprint density at radius 3 is 2.62 bits per heavy atom. The molecule has 0 spiro atoms. The highest BCUT2D eigenvalue weighted by molar-refractivity contribution is 5.33. The van der Waals surface area contributed by atoms with E-state index in [-0.39, 0.29) is 6.10 Å². The van der Waals surface area contributed by atoms with Crippen molar-refractivity contribution >= 4 is 0 Å². The van der Waals surface area contributed by atoms with Crippen molar-refractivity contribution in [2.75, 3.05) is 0 Å². The van der Waals surface area contributed by atoms with Gasteiger partial charge in [-0.2, -0.15) is 0 Å². The molecule has 1 N–H and O–H groups in total. The molecule has 1 nitrogen and oxygen atoms in total. The Morgan fingerprint density at radius 1 is 1.38 bits per heavy atom. The molecule has 1 atom stereocenters. The largest absolute Gasteiger partial charge is 0.389 e. The lowest BCUT2D eigenvalue weighted by Gasteiger charge is -2.33. The van der Waals surface area contributed by atoms with Crippen molar-refractivity contribution < 1.29 is 5.11 Å². The summed E-state index contributed by atoms with van der Waals surface area (Å²) in [6.45, 7) is 6.88. The van der Waals surface area contributed by atoms with Crippen LogP contribution in [0, 0.1) is 11.3 Å². The minimum atomic E-state index is -0.210. The summed E-state index contributed by atoms with van der Waals surface area (Å²) >= 11 is 0. The van der Waals surface area contributed by atoms with Gasteiger partial charge in [0.15, 0.2) is 0 Å². The van der Waals surface area contributed by atoms with Gasteiger partial charge < -0.3 is 5.11 Å². The molecule has 0 radical (unpaired) electrons. The summed E-state index contributed by atoms with van der Waals surface area (Å²) < 4.78 is 0. The Labute approximate surface area is 99.3 Å². The Morgan fingerprint density at radius 2 is 2.06 bits per heavy atom. The van der Waals surface area contributed by atoms with E-state index in [1.165, 1.54) is 43.3 Å². The van der Waals surface area contributed by atoms with E-state index in [0.717, 1.165) is 0 Å². The van der Waals surface area contributed by atoms with E-state index in [2.05, 4.69) is 26.8 Å². The number of aliphatic hydroxyl groups excluding tert-OH is 1. The van der Waals surface area contributed by atoms with E-state index in [4.69, 9.17) is 0 Å². The Hall–Kier alpha value is -0.560. The zero-order valence-electron chi connectivity index (χ0n) is 10.8. The first-order valence-corrected chi connectivity index (χ1v) is 6.57. The molecule has 2 aliphatic rings. The highest BCUT2D eigenvalue weighted by atomic mass is 16.3. The van der Waals surface area contributed by atoms with Crippen LogP contribution in [0.1, 0.15) is 52.9 Å². The number of rotatable bonds is 3. The molecule has 0 heterocycles. The molecule has 0 aromatic heterocycles. The van der Waals surface area contributed by atoms with Gasteiger partial charge >= 0.3 is 0 Å². The first-order valence-electron chi connectivity index (χ1n) is 6.57. The monoisotopic (exact) mass is 220 g/mol. The standard InChI is InChI=1S/C15H24O/c1-11-5-4-10-15(2,3)13(11)8-9-14(16)12-6-7-12/h8-9,12,14,16H,4-7,10H2,1-3H3/b9-8+. The third-order valence-corrected chi connectivity index (χ3v) is 4.11. The lowest BCUT2D eigenvalue weighted by molar-refractivity contribution is 0.199. The summed E-state index contributed by atoms with van der Waals surface area (Å²) in [6, 6.07) is 0. The van der Waals surface area contributed by atoms with Crippen LogP contribution < -0.4 is 0 Å². The summed E-state index contributed by atoms with van der Waals surface area (Å²) in [7, 11) is 0. The van der Waals surface area contributed by atoms with Crippen LogP contribution >= 0.6 is 0 Å². The molecule has 90 valence electrons. The molecule has 16 heavy (non-hydrogen) atoms. The van der Waals surface area contributed by atoms with Gasteiger partial charge in [-0.15, -0.1) is 0 Å². The quantitative estimate of drug-likeness (QED) is 0.766. The third-order valence-electron chi connectivity index (χ3n) is 4.11. The number of allylic oxidation sites excluding steroid dienone is 3. The van der Waals surface area contributed by atoms with E-state index in [0.29, 0.717) is 11.3 Å². The van der Waals surface area contributed by atoms with Gasteiger partial charge in [-0.3, -0.25) is 0 Å². The Kier molecular flexibility index (Phi) is 3.25. The van der Waals surface area contributed by atoms with Crippen LogP contribution in [0.4, 0.5) is 0 Å². The minimum absolute atomic E-state index is 0.210. The van der Waals surface area contributed by atoms with Crippen LogP contribution in [-0.4, -0.2) is 11.2 Å². The van der Waals surface area contributed by atoms with Crippen LogP contribution in [0.3, 0.4) is 0 Å². The van der Waals surface area contributed by atoms with Crippen LogP contribution in [0.15, 0.2) is 23.3 Å². The van der Waals surface area contributed by atoms with Gasteiger partial charge in [-0.1, -0.05) is 31.6 Å². The third kappa shape index (κ3) is 2.57. The second kappa shape index (κ2) is 4.37. The highest BCUT2D eigenvalue weighted by Crippen LogP contribution is 2.41. The fourth-order valence-electron chi connectivity index (χ4n) is 2.80. The highest BCUT2D eigenvalue weighted by Gasteiger charge is 2.29. The average molecular weight is 220 g/mol. The topological polar surface area (TPSA) is 20.2 Å². The molecule has 2 aliphatic carbocycles. The molecule has 1 heteroatoms. The van der Waals surface area contributed by atoms with E-state index < -0.39 is 0 Å². The number of aliphatic hydroxyl groups is 1. The van der Waals surface area contributed by atoms with Gasteiger partial charge in [0.05, 0.1) is 6.10 Å². The zero-order valence-corrected chi connectivity index (χ0v) is 10.8. The normalized spacial score (nSPS) is 27.5. The second-order valence-electron chi connectivity index (χ2n) is 6.12. The lowest BCUT2D eigenvalue weighted by Crippen LogP contribution is -2.19. The van der Waals surface area contributed by atoms with Crippen molar-refractivity contribution in [3.8, 4) is 0 Å². The zero-order chi connectivity index (χ0) is 11.8. The average Bonchev–Trinajstić information content (AvgIpc) is 2.98. The van der Waals surface area contributed by atoms with Crippen molar-refractivity contribution in [3.63, 3.8) is 0 Å². The first-order chi connectivity index (χ1) is 7.50. The predicted octanol–water partition coefficient (Wildman–Crippen LogP) is 3.84. The van der Waals surface area contributed by atoms with E-state index in [1.807, 2.05) is 6.08 Å². The molecule has 0 bridgehead atoms.